The van der Waals surface area contributed by atoms with Gasteiger partial charge in [0, 0.05) is 18.6 Å². The van der Waals surface area contributed by atoms with Gasteiger partial charge < -0.3 is 4.74 Å². The number of rotatable bonds is 5. The second-order valence-corrected chi connectivity index (χ2v) is 3.22. The third kappa shape index (κ3) is 3.31. The molecular formula is C11H16N2O2. The van der Waals surface area contributed by atoms with Crippen molar-refractivity contribution in [1.29, 1.82) is 0 Å². The minimum absolute atomic E-state index is 0.208. The summed E-state index contributed by atoms with van der Waals surface area (Å²) < 4.78 is 5.00. The van der Waals surface area contributed by atoms with Crippen LogP contribution in [0.2, 0.25) is 0 Å². The SMILES string of the molecule is CCCC(C(=O)OCC)c1cnccn1. The van der Waals surface area contributed by atoms with Crippen LogP contribution in [-0.2, 0) is 9.53 Å². The summed E-state index contributed by atoms with van der Waals surface area (Å²) >= 11 is 0. The van der Waals surface area contributed by atoms with E-state index in [1.165, 1.54) is 0 Å². The van der Waals surface area contributed by atoms with Crippen LogP contribution in [0, 0.1) is 0 Å². The standard InChI is InChI=1S/C11H16N2O2/c1-3-5-9(11(14)15-4-2)10-8-12-6-7-13-10/h6-9H,3-5H2,1-2H3. The molecule has 4 nitrogen and oxygen atoms in total. The fraction of sp³-hybridized carbons (Fsp3) is 0.545. The highest BCUT2D eigenvalue weighted by Crippen LogP contribution is 2.19. The van der Waals surface area contributed by atoms with E-state index in [0.717, 1.165) is 12.8 Å². The number of esters is 1. The monoisotopic (exact) mass is 208 g/mol. The molecule has 0 saturated heterocycles. The molecule has 1 aromatic heterocycles. The van der Waals surface area contributed by atoms with Gasteiger partial charge in [-0.15, -0.1) is 0 Å². The molecule has 0 bridgehead atoms. The van der Waals surface area contributed by atoms with E-state index in [0.29, 0.717) is 12.3 Å². The quantitative estimate of drug-likeness (QED) is 0.694. The summed E-state index contributed by atoms with van der Waals surface area (Å²) in [7, 11) is 0. The maximum atomic E-state index is 11.6. The Bertz CT molecular complexity index is 301. The van der Waals surface area contributed by atoms with Crippen LogP contribution in [0.25, 0.3) is 0 Å². The van der Waals surface area contributed by atoms with Crippen LogP contribution in [0.5, 0.6) is 0 Å². The van der Waals surface area contributed by atoms with Gasteiger partial charge in [-0.05, 0) is 13.3 Å². The van der Waals surface area contributed by atoms with Gasteiger partial charge >= 0.3 is 5.97 Å². The largest absolute Gasteiger partial charge is 0.465 e. The summed E-state index contributed by atoms with van der Waals surface area (Å²) in [6, 6.07) is 0. The van der Waals surface area contributed by atoms with E-state index in [4.69, 9.17) is 4.74 Å². The molecule has 0 aliphatic rings. The molecule has 4 heteroatoms. The van der Waals surface area contributed by atoms with Crippen molar-refractivity contribution in [1.82, 2.24) is 9.97 Å². The van der Waals surface area contributed by atoms with Crippen LogP contribution >= 0.6 is 0 Å². The second kappa shape index (κ2) is 6.11. The molecule has 0 aliphatic heterocycles. The zero-order valence-electron chi connectivity index (χ0n) is 9.14. The molecule has 1 unspecified atom stereocenters. The predicted octanol–water partition coefficient (Wildman–Crippen LogP) is 1.92. The van der Waals surface area contributed by atoms with Crippen LogP contribution in [0.1, 0.15) is 38.3 Å². The number of ether oxygens (including phenoxy) is 1. The molecule has 0 aromatic carbocycles. The summed E-state index contributed by atoms with van der Waals surface area (Å²) in [6.45, 7) is 4.24. The molecule has 0 N–H and O–H groups in total. The summed E-state index contributed by atoms with van der Waals surface area (Å²) in [5.41, 5.74) is 0.692. The molecule has 82 valence electrons. The number of hydrogen-bond acceptors (Lipinski definition) is 4. The Morgan fingerprint density at radius 1 is 1.47 bits per heavy atom. The summed E-state index contributed by atoms with van der Waals surface area (Å²) in [6.07, 6.45) is 6.48. The van der Waals surface area contributed by atoms with Crippen LogP contribution in [0.3, 0.4) is 0 Å². The summed E-state index contributed by atoms with van der Waals surface area (Å²) in [5, 5.41) is 0. The third-order valence-corrected chi connectivity index (χ3v) is 2.09. The number of carbonyl (C=O) groups is 1. The lowest BCUT2D eigenvalue weighted by Crippen LogP contribution is -2.17. The highest BCUT2D eigenvalue weighted by molar-refractivity contribution is 5.77. The molecule has 0 fully saturated rings. The van der Waals surface area contributed by atoms with E-state index in [1.54, 1.807) is 25.5 Å². The Hall–Kier alpha value is -1.45. The molecule has 0 aliphatic carbocycles. The van der Waals surface area contributed by atoms with Gasteiger partial charge in [-0.2, -0.15) is 0 Å². The van der Waals surface area contributed by atoms with E-state index < -0.39 is 0 Å². The van der Waals surface area contributed by atoms with Gasteiger partial charge in [0.05, 0.1) is 12.3 Å². The van der Waals surface area contributed by atoms with Crippen LogP contribution in [0.4, 0.5) is 0 Å². The van der Waals surface area contributed by atoms with Gasteiger partial charge in [-0.25, -0.2) is 0 Å². The van der Waals surface area contributed by atoms with Crippen molar-refractivity contribution in [3.8, 4) is 0 Å². The zero-order chi connectivity index (χ0) is 11.1. The molecule has 1 aromatic rings. The summed E-state index contributed by atoms with van der Waals surface area (Å²) in [5.74, 6) is -0.483. The van der Waals surface area contributed by atoms with Gasteiger partial charge in [0.25, 0.3) is 0 Å². The lowest BCUT2D eigenvalue weighted by Gasteiger charge is -2.13. The highest BCUT2D eigenvalue weighted by atomic mass is 16.5. The smallest absolute Gasteiger partial charge is 0.315 e. The average Bonchev–Trinajstić information content (AvgIpc) is 2.27. The van der Waals surface area contributed by atoms with Gasteiger partial charge in [0.2, 0.25) is 0 Å². The Morgan fingerprint density at radius 3 is 2.80 bits per heavy atom. The molecule has 1 rings (SSSR count). The Kier molecular flexibility index (Phi) is 4.74. The van der Waals surface area contributed by atoms with E-state index in [-0.39, 0.29) is 11.9 Å². The van der Waals surface area contributed by atoms with E-state index in [2.05, 4.69) is 9.97 Å². The lowest BCUT2D eigenvalue weighted by atomic mass is 10.0. The first-order chi connectivity index (χ1) is 7.29. The van der Waals surface area contributed by atoms with Crippen molar-refractivity contribution in [2.45, 2.75) is 32.6 Å². The van der Waals surface area contributed by atoms with Gasteiger partial charge in [-0.3, -0.25) is 14.8 Å². The van der Waals surface area contributed by atoms with Crippen molar-refractivity contribution in [3.63, 3.8) is 0 Å². The lowest BCUT2D eigenvalue weighted by molar-refractivity contribution is -0.145. The number of nitrogens with zero attached hydrogens (tertiary/aromatic N) is 2. The number of hydrogen-bond donors (Lipinski definition) is 0. The number of aromatic nitrogens is 2. The van der Waals surface area contributed by atoms with Crippen molar-refractivity contribution in [2.75, 3.05) is 6.61 Å². The van der Waals surface area contributed by atoms with E-state index >= 15 is 0 Å². The zero-order valence-corrected chi connectivity index (χ0v) is 9.14. The highest BCUT2D eigenvalue weighted by Gasteiger charge is 2.22. The van der Waals surface area contributed by atoms with Gasteiger partial charge in [-0.1, -0.05) is 13.3 Å². The second-order valence-electron chi connectivity index (χ2n) is 3.22. The minimum Gasteiger partial charge on any atom is -0.465 e. The topological polar surface area (TPSA) is 52.1 Å². The van der Waals surface area contributed by atoms with Crippen molar-refractivity contribution in [2.24, 2.45) is 0 Å². The minimum atomic E-state index is -0.274. The first-order valence-corrected chi connectivity index (χ1v) is 5.22. The Morgan fingerprint density at radius 2 is 2.27 bits per heavy atom. The molecule has 0 saturated carbocycles. The first kappa shape index (κ1) is 11.6. The molecular weight excluding hydrogens is 192 g/mol. The van der Waals surface area contributed by atoms with Crippen LogP contribution in [-0.4, -0.2) is 22.5 Å². The third-order valence-electron chi connectivity index (χ3n) is 2.09. The van der Waals surface area contributed by atoms with Crippen molar-refractivity contribution >= 4 is 5.97 Å². The Balaban J connectivity index is 2.78. The molecule has 0 spiro atoms. The van der Waals surface area contributed by atoms with Crippen molar-refractivity contribution in [3.05, 3.63) is 24.3 Å². The fourth-order valence-corrected chi connectivity index (χ4v) is 1.41. The van der Waals surface area contributed by atoms with Gasteiger partial charge in [0.1, 0.15) is 5.92 Å². The molecule has 0 radical (unpaired) electrons. The number of carbonyl (C=O) groups excluding carboxylic acids is 1. The molecule has 15 heavy (non-hydrogen) atoms. The fourth-order valence-electron chi connectivity index (χ4n) is 1.41. The van der Waals surface area contributed by atoms with Crippen molar-refractivity contribution < 1.29 is 9.53 Å². The summed E-state index contributed by atoms with van der Waals surface area (Å²) in [4.78, 5) is 19.7. The first-order valence-electron chi connectivity index (χ1n) is 5.22. The van der Waals surface area contributed by atoms with E-state index in [9.17, 15) is 4.79 Å². The molecule has 0 amide bonds. The predicted molar refractivity (Wildman–Crippen MR) is 56.3 cm³/mol. The Labute approximate surface area is 89.7 Å². The van der Waals surface area contributed by atoms with Crippen LogP contribution in [0.15, 0.2) is 18.6 Å². The average molecular weight is 208 g/mol. The molecule has 1 heterocycles. The maximum Gasteiger partial charge on any atom is 0.315 e. The van der Waals surface area contributed by atoms with Gasteiger partial charge in [0.15, 0.2) is 0 Å². The molecule has 1 atom stereocenters. The maximum absolute atomic E-state index is 11.6. The van der Waals surface area contributed by atoms with Crippen LogP contribution < -0.4 is 0 Å². The van der Waals surface area contributed by atoms with E-state index in [1.807, 2.05) is 6.92 Å². The normalized spacial score (nSPS) is 12.1.